The number of ether oxygens (including phenoxy) is 9. The van der Waals surface area contributed by atoms with Gasteiger partial charge in [0.1, 0.15) is 36.7 Å². The number of carbonyl (C=O) groups excluding carboxylic acids is 2. The maximum Gasteiger partial charge on any atom is 0.308 e. The third-order valence-electron chi connectivity index (χ3n) is 13.8. The maximum atomic E-state index is 14.1. The first-order chi connectivity index (χ1) is 34.1. The van der Waals surface area contributed by atoms with Crippen LogP contribution < -0.4 is 0 Å². The first-order valence-electron chi connectivity index (χ1n) is 24.8. The van der Waals surface area contributed by atoms with E-state index in [4.69, 9.17) is 47.5 Å². The van der Waals surface area contributed by atoms with Crippen molar-refractivity contribution in [3.05, 3.63) is 66.2 Å². The van der Waals surface area contributed by atoms with Crippen LogP contribution >= 0.6 is 0 Å². The van der Waals surface area contributed by atoms with E-state index in [1.165, 1.54) is 14.2 Å². The number of pyridine rings is 1. The van der Waals surface area contributed by atoms with Crippen LogP contribution in [0.4, 0.5) is 0 Å². The fraction of sp³-hybridized carbons (Fsp3) is 0.706. The van der Waals surface area contributed by atoms with Crippen molar-refractivity contribution < 1.29 is 72.4 Å². The lowest BCUT2D eigenvalue weighted by molar-refractivity contribution is -0.305. The van der Waals surface area contributed by atoms with E-state index in [-0.39, 0.29) is 51.2 Å². The van der Waals surface area contributed by atoms with Crippen LogP contribution in [0.1, 0.15) is 65.9 Å². The Balaban J connectivity index is 1.24. The Morgan fingerprint density at radius 2 is 1.69 bits per heavy atom. The van der Waals surface area contributed by atoms with Gasteiger partial charge >= 0.3 is 5.97 Å². The molecule has 2 aromatic rings. The Morgan fingerprint density at radius 1 is 0.930 bits per heavy atom. The number of hydrogen-bond donors (Lipinski definition) is 3. The molecule has 3 saturated heterocycles. The van der Waals surface area contributed by atoms with Crippen LogP contribution in [0.3, 0.4) is 0 Å². The monoisotopic (exact) mass is 1000 g/mol. The second kappa shape index (κ2) is 27.3. The average Bonchev–Trinajstić information content (AvgIpc) is 3.89. The highest BCUT2D eigenvalue weighted by atomic mass is 16.7. The third kappa shape index (κ3) is 15.5. The van der Waals surface area contributed by atoms with Crippen LogP contribution in [0.15, 0.2) is 65.7 Å². The molecule has 6 heterocycles. The summed E-state index contributed by atoms with van der Waals surface area (Å²) in [7, 11) is 6.51. The van der Waals surface area contributed by atoms with Gasteiger partial charge in [0.2, 0.25) is 0 Å². The normalized spacial score (nSPS) is 37.0. The molecule has 0 spiro atoms. The minimum atomic E-state index is -1.25. The predicted octanol–water partition coefficient (Wildman–Crippen LogP) is 3.23. The second-order valence-corrected chi connectivity index (χ2v) is 19.5. The summed E-state index contributed by atoms with van der Waals surface area (Å²) in [5.74, 6) is -1.84. The fourth-order valence-corrected chi connectivity index (χ4v) is 9.68. The minimum absolute atomic E-state index is 0.0281. The van der Waals surface area contributed by atoms with Gasteiger partial charge in [0.25, 0.3) is 0 Å². The van der Waals surface area contributed by atoms with Gasteiger partial charge in [0, 0.05) is 57.2 Å². The number of cyclic esters (lactones) is 1. The number of carbonyl (C=O) groups is 2. The minimum Gasteiger partial charge on any atom is -0.465 e. The standard InChI is InChI=1S/C51H77N5O15/c1-30-13-15-39(57)31(2)23-37-17-21-64-28-38(54-68-20-10-12-35-14-16-41(52-25-35)56-19-11-18-53-56)29-65-40(32(3)47(37)71-50-46(61)43(55(6)7)44(59)33(4)69-50)24-42(58)66-26-36(22-30)27-67-51-49(63-9)48(62-8)45(60)34(5)70-51/h11,13-16,18-19,22,25,31-34,36-37,40,43-51,59-61H,10,12,17,20-21,23-24,26-29H2,1-9H3/b15-13+,30-22+,54-38+/t31-,32+,33-,34-,36+,37?,40-,43+,44-,45-,46-,47-,48-,49-,50+,51-/m1/s1. The molecular formula is C51H77N5O15. The first kappa shape index (κ1) is 56.3. The van der Waals surface area contributed by atoms with E-state index < -0.39 is 97.3 Å². The van der Waals surface area contributed by atoms with Crippen molar-refractivity contribution in [2.75, 3.05) is 68.0 Å². The molecule has 0 saturated carbocycles. The summed E-state index contributed by atoms with van der Waals surface area (Å²) in [6.07, 6.45) is 2.83. The first-order valence-corrected chi connectivity index (χ1v) is 24.8. The van der Waals surface area contributed by atoms with Crippen molar-refractivity contribution in [3.8, 4) is 5.82 Å². The molecule has 4 aliphatic rings. The molecule has 4 aliphatic heterocycles. The van der Waals surface area contributed by atoms with Crippen molar-refractivity contribution in [3.63, 3.8) is 0 Å². The summed E-state index contributed by atoms with van der Waals surface area (Å²) in [6.45, 7) is 9.61. The lowest BCUT2D eigenvalue weighted by Gasteiger charge is -2.47. The number of fused-ring (bicyclic) bond motifs is 3. The molecule has 6 rings (SSSR count). The number of hydrogen-bond acceptors (Lipinski definition) is 19. The number of rotatable bonds is 14. The molecule has 0 aromatic carbocycles. The van der Waals surface area contributed by atoms with Crippen LogP contribution in [0.25, 0.3) is 5.82 Å². The highest BCUT2D eigenvalue weighted by molar-refractivity contribution is 5.91. The number of oxime groups is 1. The topological polar surface area (TPSA) is 233 Å². The van der Waals surface area contributed by atoms with Crippen LogP contribution in [0, 0.1) is 23.7 Å². The number of nitrogens with zero attached hydrogens (tertiary/aromatic N) is 5. The zero-order valence-electron chi connectivity index (χ0n) is 42.7. The molecule has 2 bridgehead atoms. The molecule has 20 heteroatoms. The summed E-state index contributed by atoms with van der Waals surface area (Å²) in [6, 6.07) is 5.05. The van der Waals surface area contributed by atoms with Gasteiger partial charge in [-0.3, -0.25) is 9.59 Å². The van der Waals surface area contributed by atoms with Gasteiger partial charge in [0.15, 0.2) is 24.2 Å². The zero-order chi connectivity index (χ0) is 51.2. The number of likely N-dealkylation sites (N-methyl/N-ethyl adjacent to an activating group) is 1. The highest BCUT2D eigenvalue weighted by Gasteiger charge is 2.48. The lowest BCUT2D eigenvalue weighted by atomic mass is 9.79. The van der Waals surface area contributed by atoms with Crippen LogP contribution in [0.2, 0.25) is 0 Å². The summed E-state index contributed by atoms with van der Waals surface area (Å²) in [5, 5.41) is 42.2. The Kier molecular flexibility index (Phi) is 21.6. The molecule has 0 radical (unpaired) electrons. The van der Waals surface area contributed by atoms with Crippen molar-refractivity contribution in [2.45, 2.75) is 140 Å². The number of methoxy groups -OCH3 is 2. The number of aryl methyl sites for hydroxylation is 1. The van der Waals surface area contributed by atoms with Crippen LogP contribution in [-0.2, 0) is 63.5 Å². The second-order valence-electron chi connectivity index (χ2n) is 19.5. The van der Waals surface area contributed by atoms with E-state index in [9.17, 15) is 24.9 Å². The summed E-state index contributed by atoms with van der Waals surface area (Å²) < 4.78 is 57.1. The Bertz CT molecular complexity index is 2040. The third-order valence-corrected chi connectivity index (χ3v) is 13.8. The number of esters is 1. The molecule has 2 aromatic heterocycles. The van der Waals surface area contributed by atoms with Crippen molar-refractivity contribution in [1.29, 1.82) is 0 Å². The molecule has 71 heavy (non-hydrogen) atoms. The van der Waals surface area contributed by atoms with E-state index >= 15 is 0 Å². The molecule has 20 nitrogen and oxygen atoms in total. The van der Waals surface area contributed by atoms with Crippen molar-refractivity contribution in [1.82, 2.24) is 19.7 Å². The van der Waals surface area contributed by atoms with Gasteiger partial charge in [-0.2, -0.15) is 5.10 Å². The highest BCUT2D eigenvalue weighted by Crippen LogP contribution is 2.36. The molecule has 0 aliphatic carbocycles. The Morgan fingerprint density at radius 3 is 2.39 bits per heavy atom. The summed E-state index contributed by atoms with van der Waals surface area (Å²) in [4.78, 5) is 40.2. The number of ketones is 1. The molecule has 1 unspecified atom stereocenters. The fourth-order valence-electron chi connectivity index (χ4n) is 9.68. The van der Waals surface area contributed by atoms with E-state index in [1.54, 1.807) is 55.9 Å². The SMILES string of the molecule is CO[C@@H]1[C@H](O)[C@@H](C)O[C@@H](OC[C@H]2/C=C(C)/C=C/C(=O)[C@H](C)CC3CCOC/C(=N\OCCCc4ccc(-n5cccn5)nc4)CO[C@H](CC(=O)OC2)[C@H](C)[C@H]3O[C@@H]2O[C@H](C)[C@@H](O)[C@H](N(C)C)[C@H]2O)[C@@H]1OC. The van der Waals surface area contributed by atoms with Gasteiger partial charge in [-0.05, 0) is 90.2 Å². The van der Waals surface area contributed by atoms with Gasteiger partial charge in [-0.1, -0.05) is 42.8 Å². The number of aliphatic hydroxyl groups excluding tert-OH is 3. The van der Waals surface area contributed by atoms with Gasteiger partial charge in [-0.15, -0.1) is 0 Å². The van der Waals surface area contributed by atoms with E-state index in [1.807, 2.05) is 57.4 Å². The molecular weight excluding hydrogens is 923 g/mol. The zero-order valence-corrected chi connectivity index (χ0v) is 42.7. The van der Waals surface area contributed by atoms with Crippen molar-refractivity contribution >= 4 is 17.5 Å². The number of allylic oxidation sites excluding steroid dienone is 3. The van der Waals surface area contributed by atoms with Crippen molar-refractivity contribution in [2.24, 2.45) is 28.8 Å². The van der Waals surface area contributed by atoms with E-state index in [0.717, 1.165) is 17.0 Å². The predicted molar refractivity (Wildman–Crippen MR) is 258 cm³/mol. The maximum absolute atomic E-state index is 14.1. The van der Waals surface area contributed by atoms with Gasteiger partial charge in [0.05, 0.1) is 69.4 Å². The Hall–Kier alpha value is -4.03. The number of aromatic nitrogens is 3. The lowest BCUT2D eigenvalue weighted by Crippen LogP contribution is -2.63. The van der Waals surface area contributed by atoms with Gasteiger partial charge in [-0.25, -0.2) is 9.67 Å². The quantitative estimate of drug-likeness (QED) is 0.140. The molecule has 396 valence electrons. The van der Waals surface area contributed by atoms with Crippen LogP contribution in [0.5, 0.6) is 0 Å². The molecule has 0 amide bonds. The molecule has 3 N–H and O–H groups in total. The largest absolute Gasteiger partial charge is 0.465 e. The summed E-state index contributed by atoms with van der Waals surface area (Å²) >= 11 is 0. The van der Waals surface area contributed by atoms with Gasteiger partial charge < -0.3 is 67.7 Å². The average molecular weight is 1000 g/mol. The summed E-state index contributed by atoms with van der Waals surface area (Å²) in [5.41, 5.74) is 2.24. The number of aliphatic hydroxyl groups is 3. The smallest absolute Gasteiger partial charge is 0.308 e. The Labute approximate surface area is 417 Å². The van der Waals surface area contributed by atoms with E-state index in [0.29, 0.717) is 38.0 Å². The van der Waals surface area contributed by atoms with Crippen LogP contribution in [-0.4, -0.2) is 194 Å². The molecule has 3 fully saturated rings. The molecule has 16 atom stereocenters. The van der Waals surface area contributed by atoms with E-state index in [2.05, 4.69) is 15.2 Å².